The molecule has 0 aromatic heterocycles. The van der Waals surface area contributed by atoms with Crippen LogP contribution in [0.25, 0.3) is 0 Å². The quantitative estimate of drug-likeness (QED) is 0.427. The number of nitrogens with zero attached hydrogens (tertiary/aromatic N) is 1. The third-order valence-corrected chi connectivity index (χ3v) is 6.41. The molecule has 1 aliphatic heterocycles. The highest BCUT2D eigenvalue weighted by molar-refractivity contribution is 6.00. The fourth-order valence-electron chi connectivity index (χ4n) is 4.74. The summed E-state index contributed by atoms with van der Waals surface area (Å²) in [6, 6.07) is 6.35. The number of aliphatic hydroxyl groups is 1. The van der Waals surface area contributed by atoms with Crippen LogP contribution in [0.2, 0.25) is 0 Å². The number of rotatable bonds is 11. The lowest BCUT2D eigenvalue weighted by Gasteiger charge is -2.29. The topological polar surface area (TPSA) is 98.7 Å². The standard InChI is InChI=1S/C28H35F2N3O4/c1-4-8-33(9-5-2)28(37)20-11-17(3)10-19(15-20)27(36)32-24(26(35)23-6-7-25(34)31-23)14-18-12-21(29)16-22(30)13-18/h10-13,15-16,23-24,26,35H,4-9,14H2,1-3H3,(H,31,34)(H,32,36)/t23-,24+,26-/m1/s1. The number of carbonyl (C=O) groups excluding carboxylic acids is 3. The van der Waals surface area contributed by atoms with E-state index in [2.05, 4.69) is 10.6 Å². The van der Waals surface area contributed by atoms with Gasteiger partial charge < -0.3 is 20.6 Å². The number of halogens is 2. The Bertz CT molecular complexity index is 1110. The number of hydrogen-bond acceptors (Lipinski definition) is 4. The molecule has 0 spiro atoms. The van der Waals surface area contributed by atoms with E-state index in [0.717, 1.165) is 36.6 Å². The van der Waals surface area contributed by atoms with Gasteiger partial charge in [-0.1, -0.05) is 13.8 Å². The molecule has 2 aromatic rings. The molecule has 1 heterocycles. The highest BCUT2D eigenvalue weighted by atomic mass is 19.1. The van der Waals surface area contributed by atoms with E-state index >= 15 is 0 Å². The van der Waals surface area contributed by atoms with Crippen molar-refractivity contribution in [1.29, 1.82) is 0 Å². The largest absolute Gasteiger partial charge is 0.389 e. The lowest BCUT2D eigenvalue weighted by Crippen LogP contribution is -2.52. The van der Waals surface area contributed by atoms with Gasteiger partial charge in [0.05, 0.1) is 18.2 Å². The van der Waals surface area contributed by atoms with Gasteiger partial charge in [0, 0.05) is 36.7 Å². The lowest BCUT2D eigenvalue weighted by atomic mass is 9.94. The van der Waals surface area contributed by atoms with Crippen LogP contribution in [0.5, 0.6) is 0 Å². The lowest BCUT2D eigenvalue weighted by molar-refractivity contribution is -0.119. The molecular weight excluding hydrogens is 480 g/mol. The number of benzene rings is 2. The van der Waals surface area contributed by atoms with E-state index in [4.69, 9.17) is 0 Å². The first-order valence-corrected chi connectivity index (χ1v) is 12.8. The van der Waals surface area contributed by atoms with E-state index in [-0.39, 0.29) is 35.8 Å². The van der Waals surface area contributed by atoms with Crippen LogP contribution < -0.4 is 10.6 Å². The summed E-state index contributed by atoms with van der Waals surface area (Å²) in [5.74, 6) is -2.46. The maximum absolute atomic E-state index is 13.8. The van der Waals surface area contributed by atoms with Crippen LogP contribution >= 0.6 is 0 Å². The molecule has 9 heteroatoms. The molecule has 200 valence electrons. The molecule has 2 aromatic carbocycles. The number of carbonyl (C=O) groups is 3. The molecule has 0 radical (unpaired) electrons. The van der Waals surface area contributed by atoms with Crippen molar-refractivity contribution in [2.75, 3.05) is 13.1 Å². The van der Waals surface area contributed by atoms with E-state index in [1.54, 1.807) is 24.0 Å². The fraction of sp³-hybridized carbons (Fsp3) is 0.464. The molecule has 0 aliphatic carbocycles. The average molecular weight is 516 g/mol. The highest BCUT2D eigenvalue weighted by Crippen LogP contribution is 2.19. The zero-order valence-corrected chi connectivity index (χ0v) is 21.5. The third kappa shape index (κ3) is 7.58. The van der Waals surface area contributed by atoms with E-state index in [9.17, 15) is 28.3 Å². The first-order valence-electron chi connectivity index (χ1n) is 12.8. The third-order valence-electron chi connectivity index (χ3n) is 6.41. The van der Waals surface area contributed by atoms with E-state index in [1.807, 2.05) is 13.8 Å². The zero-order valence-electron chi connectivity index (χ0n) is 21.5. The minimum Gasteiger partial charge on any atom is -0.389 e. The predicted octanol–water partition coefficient (Wildman–Crippen LogP) is 3.52. The summed E-state index contributed by atoms with van der Waals surface area (Å²) in [4.78, 5) is 39.9. The number of aliphatic hydroxyl groups excluding tert-OH is 1. The van der Waals surface area contributed by atoms with Crippen LogP contribution in [0.15, 0.2) is 36.4 Å². The normalized spacial score (nSPS) is 16.7. The summed E-state index contributed by atoms with van der Waals surface area (Å²) in [6.07, 6.45) is 0.972. The molecule has 3 N–H and O–H groups in total. The second kappa shape index (κ2) is 12.8. The minimum absolute atomic E-state index is 0.0632. The Morgan fingerprint density at radius 1 is 1.05 bits per heavy atom. The van der Waals surface area contributed by atoms with Crippen molar-refractivity contribution in [3.05, 3.63) is 70.3 Å². The fourth-order valence-corrected chi connectivity index (χ4v) is 4.74. The molecule has 0 saturated carbocycles. The number of nitrogens with one attached hydrogen (secondary N) is 2. The van der Waals surface area contributed by atoms with E-state index < -0.39 is 35.7 Å². The Balaban J connectivity index is 1.87. The number of aryl methyl sites for hydroxylation is 1. The second-order valence-electron chi connectivity index (χ2n) is 9.64. The van der Waals surface area contributed by atoms with Crippen molar-refractivity contribution < 1.29 is 28.3 Å². The molecule has 3 amide bonds. The molecule has 37 heavy (non-hydrogen) atoms. The van der Waals surface area contributed by atoms with Gasteiger partial charge in [-0.3, -0.25) is 14.4 Å². The van der Waals surface area contributed by atoms with Crippen LogP contribution in [0.4, 0.5) is 8.78 Å². The first kappa shape index (κ1) is 28.2. The maximum Gasteiger partial charge on any atom is 0.253 e. The Morgan fingerprint density at radius 3 is 2.24 bits per heavy atom. The van der Waals surface area contributed by atoms with Gasteiger partial charge in [0.2, 0.25) is 5.91 Å². The van der Waals surface area contributed by atoms with Gasteiger partial charge in [-0.25, -0.2) is 8.78 Å². The van der Waals surface area contributed by atoms with Crippen molar-refractivity contribution >= 4 is 17.7 Å². The van der Waals surface area contributed by atoms with Crippen molar-refractivity contribution in [1.82, 2.24) is 15.5 Å². The van der Waals surface area contributed by atoms with Crippen LogP contribution in [-0.4, -0.2) is 59.0 Å². The molecule has 1 fully saturated rings. The molecular formula is C28H35F2N3O4. The van der Waals surface area contributed by atoms with Crippen LogP contribution in [0.3, 0.4) is 0 Å². The van der Waals surface area contributed by atoms with Crippen molar-refractivity contribution in [3.8, 4) is 0 Å². The zero-order chi connectivity index (χ0) is 27.1. The van der Waals surface area contributed by atoms with Gasteiger partial charge in [0.25, 0.3) is 11.8 Å². The molecule has 7 nitrogen and oxygen atoms in total. The highest BCUT2D eigenvalue weighted by Gasteiger charge is 2.34. The summed E-state index contributed by atoms with van der Waals surface area (Å²) in [7, 11) is 0. The molecule has 0 bridgehead atoms. The summed E-state index contributed by atoms with van der Waals surface area (Å²) in [6.45, 7) is 6.98. The van der Waals surface area contributed by atoms with Crippen LogP contribution in [-0.2, 0) is 11.2 Å². The Hall–Kier alpha value is -3.33. The summed E-state index contributed by atoms with van der Waals surface area (Å²) < 4.78 is 27.6. The van der Waals surface area contributed by atoms with Crippen molar-refractivity contribution in [2.45, 2.75) is 71.1 Å². The van der Waals surface area contributed by atoms with Crippen LogP contribution in [0, 0.1) is 18.6 Å². The molecule has 1 aliphatic rings. The van der Waals surface area contributed by atoms with Gasteiger partial charge in [-0.05, 0) is 74.1 Å². The van der Waals surface area contributed by atoms with Gasteiger partial charge in [0.1, 0.15) is 11.6 Å². The van der Waals surface area contributed by atoms with Crippen LogP contribution in [0.1, 0.15) is 71.4 Å². The Morgan fingerprint density at radius 2 is 1.68 bits per heavy atom. The van der Waals surface area contributed by atoms with Gasteiger partial charge in [-0.15, -0.1) is 0 Å². The SMILES string of the molecule is CCCN(CCC)C(=O)c1cc(C)cc(C(=O)N[C@@H](Cc2cc(F)cc(F)c2)[C@H](O)[C@H]2CCC(=O)N2)c1. The monoisotopic (exact) mass is 515 g/mol. The summed E-state index contributed by atoms with van der Waals surface area (Å²) in [5.41, 5.74) is 1.59. The average Bonchev–Trinajstić information content (AvgIpc) is 3.27. The van der Waals surface area contributed by atoms with E-state index in [0.29, 0.717) is 25.1 Å². The molecule has 3 atom stereocenters. The second-order valence-corrected chi connectivity index (χ2v) is 9.64. The Labute approximate surface area is 216 Å². The number of hydrogen-bond donors (Lipinski definition) is 3. The summed E-state index contributed by atoms with van der Waals surface area (Å²) >= 11 is 0. The summed E-state index contributed by atoms with van der Waals surface area (Å²) in [5, 5.41) is 16.5. The minimum atomic E-state index is -1.20. The van der Waals surface area contributed by atoms with E-state index in [1.165, 1.54) is 6.07 Å². The smallest absolute Gasteiger partial charge is 0.253 e. The van der Waals surface area contributed by atoms with Crippen molar-refractivity contribution in [3.63, 3.8) is 0 Å². The predicted molar refractivity (Wildman–Crippen MR) is 136 cm³/mol. The van der Waals surface area contributed by atoms with Crippen molar-refractivity contribution in [2.24, 2.45) is 0 Å². The van der Waals surface area contributed by atoms with Gasteiger partial charge in [0.15, 0.2) is 0 Å². The molecule has 0 unspecified atom stereocenters. The molecule has 3 rings (SSSR count). The number of amides is 3. The van der Waals surface area contributed by atoms with Gasteiger partial charge in [-0.2, -0.15) is 0 Å². The molecule has 1 saturated heterocycles. The Kier molecular flexibility index (Phi) is 9.74. The maximum atomic E-state index is 13.8. The first-order chi connectivity index (χ1) is 17.6. The van der Waals surface area contributed by atoms with Gasteiger partial charge >= 0.3 is 0 Å².